The highest BCUT2D eigenvalue weighted by Crippen LogP contribution is 2.51. The molecule has 0 amide bonds. The van der Waals surface area contributed by atoms with E-state index in [2.05, 4.69) is 38.1 Å². The van der Waals surface area contributed by atoms with Gasteiger partial charge in [0, 0.05) is 10.4 Å². The molecule has 2 heteroatoms. The Balaban J connectivity index is 2.11. The lowest BCUT2D eigenvalue weighted by atomic mass is 10.0. The molecule has 2 atom stereocenters. The van der Waals surface area contributed by atoms with Crippen LogP contribution in [0.2, 0.25) is 0 Å². The van der Waals surface area contributed by atoms with Gasteiger partial charge in [-0.1, -0.05) is 32.4 Å². The first kappa shape index (κ1) is 11.0. The van der Waals surface area contributed by atoms with Gasteiger partial charge in [-0.3, -0.25) is 0 Å². The summed E-state index contributed by atoms with van der Waals surface area (Å²) in [6.45, 7) is 4.40. The minimum Gasteiger partial charge on any atom is -0.321 e. The van der Waals surface area contributed by atoms with Gasteiger partial charge in [-0.2, -0.15) is 0 Å². The Bertz CT molecular complexity index is 333. The van der Waals surface area contributed by atoms with E-state index in [1.165, 1.54) is 16.9 Å². The zero-order valence-corrected chi connectivity index (χ0v) is 10.3. The van der Waals surface area contributed by atoms with E-state index < -0.39 is 0 Å². The zero-order valence-electron chi connectivity index (χ0n) is 9.49. The monoisotopic (exact) mass is 221 g/mol. The fraction of sp³-hybridized carbons (Fsp3) is 0.538. The van der Waals surface area contributed by atoms with Gasteiger partial charge in [0.2, 0.25) is 0 Å². The fourth-order valence-electron chi connectivity index (χ4n) is 2.24. The van der Waals surface area contributed by atoms with Crippen molar-refractivity contribution in [2.24, 2.45) is 11.7 Å². The third-order valence-corrected chi connectivity index (χ3v) is 4.24. The van der Waals surface area contributed by atoms with Gasteiger partial charge in [-0.25, -0.2) is 0 Å². The van der Waals surface area contributed by atoms with E-state index in [1.807, 2.05) is 11.8 Å². The molecule has 1 saturated carbocycles. The van der Waals surface area contributed by atoms with Crippen molar-refractivity contribution < 1.29 is 0 Å². The Morgan fingerprint density at radius 1 is 1.33 bits per heavy atom. The summed E-state index contributed by atoms with van der Waals surface area (Å²) in [4.78, 5) is 1.35. The van der Waals surface area contributed by atoms with Gasteiger partial charge in [0.15, 0.2) is 0 Å². The molecule has 0 spiro atoms. The van der Waals surface area contributed by atoms with Crippen LogP contribution in [0.15, 0.2) is 29.2 Å². The second-order valence-corrected chi connectivity index (χ2v) is 5.64. The van der Waals surface area contributed by atoms with E-state index >= 15 is 0 Å². The predicted molar refractivity (Wildman–Crippen MR) is 67.1 cm³/mol. The number of nitrogens with two attached hydrogens (primary N) is 1. The molecule has 1 aromatic carbocycles. The highest BCUT2D eigenvalue weighted by molar-refractivity contribution is 7.99. The van der Waals surface area contributed by atoms with Crippen LogP contribution in [0.25, 0.3) is 0 Å². The molecule has 2 unspecified atom stereocenters. The SMILES string of the molecule is CCSc1ccc(C2(N)CC2CC)cc1. The number of hydrogen-bond acceptors (Lipinski definition) is 2. The van der Waals surface area contributed by atoms with Crippen LogP contribution in [0.4, 0.5) is 0 Å². The van der Waals surface area contributed by atoms with Crippen molar-refractivity contribution in [3.8, 4) is 0 Å². The lowest BCUT2D eigenvalue weighted by molar-refractivity contribution is 0.615. The average Bonchev–Trinajstić information content (AvgIpc) is 2.93. The van der Waals surface area contributed by atoms with E-state index in [4.69, 9.17) is 5.73 Å². The van der Waals surface area contributed by atoms with E-state index in [0.29, 0.717) is 5.92 Å². The molecule has 0 bridgehead atoms. The highest BCUT2D eigenvalue weighted by Gasteiger charge is 2.50. The fourth-order valence-corrected chi connectivity index (χ4v) is 2.90. The highest BCUT2D eigenvalue weighted by atomic mass is 32.2. The van der Waals surface area contributed by atoms with Crippen LogP contribution in [-0.2, 0) is 5.54 Å². The van der Waals surface area contributed by atoms with Crippen LogP contribution in [0.1, 0.15) is 32.3 Å². The van der Waals surface area contributed by atoms with E-state index in [9.17, 15) is 0 Å². The van der Waals surface area contributed by atoms with Crippen molar-refractivity contribution in [3.63, 3.8) is 0 Å². The lowest BCUT2D eigenvalue weighted by Crippen LogP contribution is -2.21. The van der Waals surface area contributed by atoms with Gasteiger partial charge in [0.05, 0.1) is 0 Å². The van der Waals surface area contributed by atoms with Crippen LogP contribution in [0.5, 0.6) is 0 Å². The third kappa shape index (κ3) is 2.06. The summed E-state index contributed by atoms with van der Waals surface area (Å²) in [5.41, 5.74) is 7.64. The average molecular weight is 221 g/mol. The van der Waals surface area contributed by atoms with Gasteiger partial charge in [-0.05, 0) is 35.8 Å². The molecule has 0 saturated heterocycles. The molecule has 0 heterocycles. The predicted octanol–water partition coefficient (Wildman–Crippen LogP) is 3.38. The Hall–Kier alpha value is -0.470. The van der Waals surface area contributed by atoms with Crippen LogP contribution < -0.4 is 5.73 Å². The number of hydrogen-bond donors (Lipinski definition) is 1. The Labute approximate surface area is 96.4 Å². The maximum Gasteiger partial charge on any atom is 0.0442 e. The molecular weight excluding hydrogens is 202 g/mol. The number of thioether (sulfide) groups is 1. The molecule has 1 nitrogen and oxygen atoms in total. The summed E-state index contributed by atoms with van der Waals surface area (Å²) in [6.07, 6.45) is 2.35. The first-order valence-corrected chi connectivity index (χ1v) is 6.71. The Kier molecular flexibility index (Phi) is 3.08. The minimum atomic E-state index is -0.00976. The van der Waals surface area contributed by atoms with Crippen LogP contribution >= 0.6 is 11.8 Å². The molecule has 2 rings (SSSR count). The molecule has 1 fully saturated rings. The van der Waals surface area contributed by atoms with Gasteiger partial charge in [-0.15, -0.1) is 11.8 Å². The van der Waals surface area contributed by atoms with E-state index in [-0.39, 0.29) is 5.54 Å². The van der Waals surface area contributed by atoms with Crippen molar-refractivity contribution in [2.45, 2.75) is 37.1 Å². The second kappa shape index (κ2) is 4.18. The van der Waals surface area contributed by atoms with Crippen molar-refractivity contribution in [2.75, 3.05) is 5.75 Å². The molecule has 15 heavy (non-hydrogen) atoms. The molecular formula is C13H19NS. The minimum absolute atomic E-state index is 0.00976. The summed E-state index contributed by atoms with van der Waals surface area (Å²) in [5.74, 6) is 1.83. The Morgan fingerprint density at radius 2 is 2.00 bits per heavy atom. The Morgan fingerprint density at radius 3 is 2.47 bits per heavy atom. The molecule has 82 valence electrons. The van der Waals surface area contributed by atoms with Gasteiger partial charge < -0.3 is 5.73 Å². The van der Waals surface area contributed by atoms with E-state index in [0.717, 1.165) is 12.2 Å². The number of rotatable bonds is 4. The summed E-state index contributed by atoms with van der Waals surface area (Å²) >= 11 is 1.88. The van der Waals surface area contributed by atoms with Gasteiger partial charge >= 0.3 is 0 Å². The smallest absolute Gasteiger partial charge is 0.0442 e. The van der Waals surface area contributed by atoms with Gasteiger partial charge in [0.25, 0.3) is 0 Å². The zero-order chi connectivity index (χ0) is 10.9. The molecule has 0 aromatic heterocycles. The first-order valence-electron chi connectivity index (χ1n) is 5.73. The maximum absolute atomic E-state index is 6.34. The summed E-state index contributed by atoms with van der Waals surface area (Å²) < 4.78 is 0. The van der Waals surface area contributed by atoms with Crippen LogP contribution in [0, 0.1) is 5.92 Å². The molecule has 1 aliphatic carbocycles. The first-order chi connectivity index (χ1) is 7.20. The molecule has 1 aliphatic rings. The van der Waals surface area contributed by atoms with Crippen molar-refractivity contribution >= 4 is 11.8 Å². The largest absolute Gasteiger partial charge is 0.321 e. The van der Waals surface area contributed by atoms with E-state index in [1.54, 1.807) is 0 Å². The topological polar surface area (TPSA) is 26.0 Å². The lowest BCUT2D eigenvalue weighted by Gasteiger charge is -2.12. The summed E-state index contributed by atoms with van der Waals surface area (Å²) in [6, 6.07) is 8.80. The van der Waals surface area contributed by atoms with Crippen molar-refractivity contribution in [1.29, 1.82) is 0 Å². The molecule has 2 N–H and O–H groups in total. The third-order valence-electron chi connectivity index (χ3n) is 3.35. The van der Waals surface area contributed by atoms with Crippen LogP contribution in [-0.4, -0.2) is 5.75 Å². The molecule has 1 aromatic rings. The van der Waals surface area contributed by atoms with Crippen LogP contribution in [0.3, 0.4) is 0 Å². The summed E-state index contributed by atoms with van der Waals surface area (Å²) in [7, 11) is 0. The molecule has 0 radical (unpaired) electrons. The van der Waals surface area contributed by atoms with Crippen molar-refractivity contribution in [3.05, 3.63) is 29.8 Å². The quantitative estimate of drug-likeness (QED) is 0.789. The van der Waals surface area contributed by atoms with Gasteiger partial charge in [0.1, 0.15) is 0 Å². The number of benzene rings is 1. The standard InChI is InChI=1S/C13H19NS/c1-3-10-9-13(10,14)11-5-7-12(8-6-11)15-4-2/h5-8,10H,3-4,9,14H2,1-2H3. The second-order valence-electron chi connectivity index (χ2n) is 4.31. The van der Waals surface area contributed by atoms with Crippen molar-refractivity contribution in [1.82, 2.24) is 0 Å². The summed E-state index contributed by atoms with van der Waals surface area (Å²) in [5, 5.41) is 0. The molecule has 0 aliphatic heterocycles. The maximum atomic E-state index is 6.34. The normalized spacial score (nSPS) is 29.1.